The summed E-state index contributed by atoms with van der Waals surface area (Å²) in [5.74, 6) is -0.943. The lowest BCUT2D eigenvalue weighted by Crippen LogP contribution is -2.53. The summed E-state index contributed by atoms with van der Waals surface area (Å²) in [6, 6.07) is 15.1. The first-order valence-corrected chi connectivity index (χ1v) is 16.3. The number of hydrogen-bond donors (Lipinski definition) is 1. The first-order valence-electron chi connectivity index (χ1n) is 13.7. The van der Waals surface area contributed by atoms with E-state index in [-0.39, 0.29) is 29.8 Å². The van der Waals surface area contributed by atoms with E-state index in [4.69, 9.17) is 34.8 Å². The minimum atomic E-state index is -4.21. The second-order valence-electron chi connectivity index (χ2n) is 10.2. The molecule has 0 saturated carbocycles. The standard InChI is InChI=1S/C31H36Cl3N3O4S/c1-6-22(5)35-31(39)28(7-2)36(18-25-26(33)9-8-10-27(25)34)30(38)19-37(29-16-13-23(32)17-21(29)4)42(40,41)24-14-11-20(3)12-15-24/h8-17,22,28H,6-7,18-19H2,1-5H3,(H,35,39)/t22-,28-/m1/s1. The molecular formula is C31H36Cl3N3O4S. The molecule has 42 heavy (non-hydrogen) atoms. The third-order valence-electron chi connectivity index (χ3n) is 7.09. The van der Waals surface area contributed by atoms with E-state index < -0.39 is 28.5 Å². The number of amides is 2. The van der Waals surface area contributed by atoms with Gasteiger partial charge >= 0.3 is 0 Å². The number of rotatable bonds is 12. The topological polar surface area (TPSA) is 86.8 Å². The number of carbonyl (C=O) groups excluding carboxylic acids is 2. The maximum atomic E-state index is 14.3. The van der Waals surface area contributed by atoms with Gasteiger partial charge in [0.25, 0.3) is 10.0 Å². The molecule has 0 unspecified atom stereocenters. The van der Waals surface area contributed by atoms with Gasteiger partial charge in [0.05, 0.1) is 10.6 Å². The van der Waals surface area contributed by atoms with Crippen LogP contribution in [0.3, 0.4) is 0 Å². The molecule has 226 valence electrons. The van der Waals surface area contributed by atoms with Gasteiger partial charge in [0.2, 0.25) is 11.8 Å². The summed E-state index contributed by atoms with van der Waals surface area (Å²) in [6.07, 6.45) is 0.978. The number of nitrogens with one attached hydrogen (secondary N) is 1. The van der Waals surface area contributed by atoms with Gasteiger partial charge in [-0.15, -0.1) is 0 Å². The van der Waals surface area contributed by atoms with Crippen LogP contribution in [0.25, 0.3) is 0 Å². The Morgan fingerprint density at radius 1 is 0.905 bits per heavy atom. The van der Waals surface area contributed by atoms with Crippen LogP contribution in [0.4, 0.5) is 5.69 Å². The maximum Gasteiger partial charge on any atom is 0.264 e. The highest BCUT2D eigenvalue weighted by Gasteiger charge is 2.35. The molecule has 7 nitrogen and oxygen atoms in total. The molecule has 0 aliphatic heterocycles. The Morgan fingerprint density at radius 2 is 1.52 bits per heavy atom. The van der Waals surface area contributed by atoms with Gasteiger partial charge in [-0.05, 0) is 81.6 Å². The van der Waals surface area contributed by atoms with Crippen LogP contribution in [0.2, 0.25) is 15.1 Å². The lowest BCUT2D eigenvalue weighted by atomic mass is 10.1. The zero-order valence-corrected chi connectivity index (χ0v) is 27.4. The molecule has 0 fully saturated rings. The molecule has 3 rings (SSSR count). The van der Waals surface area contributed by atoms with Crippen molar-refractivity contribution in [2.24, 2.45) is 0 Å². The van der Waals surface area contributed by atoms with E-state index in [9.17, 15) is 18.0 Å². The SMILES string of the molecule is CC[C@@H](C)NC(=O)[C@@H](CC)N(Cc1c(Cl)cccc1Cl)C(=O)CN(c1ccc(Cl)cc1C)S(=O)(=O)c1ccc(C)cc1. The Bertz CT molecular complexity index is 1510. The highest BCUT2D eigenvalue weighted by atomic mass is 35.5. The smallest absolute Gasteiger partial charge is 0.264 e. The Kier molecular flexibility index (Phi) is 11.7. The van der Waals surface area contributed by atoms with E-state index >= 15 is 0 Å². The average Bonchev–Trinajstić information content (AvgIpc) is 2.93. The van der Waals surface area contributed by atoms with Crippen LogP contribution in [0.1, 0.15) is 50.3 Å². The normalized spacial score (nSPS) is 12.9. The summed E-state index contributed by atoms with van der Waals surface area (Å²) in [5, 5.41) is 4.03. The first-order chi connectivity index (χ1) is 19.8. The molecule has 0 aliphatic carbocycles. The van der Waals surface area contributed by atoms with Gasteiger partial charge < -0.3 is 10.2 Å². The quantitative estimate of drug-likeness (QED) is 0.225. The average molecular weight is 653 g/mol. The van der Waals surface area contributed by atoms with Crippen molar-refractivity contribution < 1.29 is 18.0 Å². The number of carbonyl (C=O) groups is 2. The fraction of sp³-hybridized carbons (Fsp3) is 0.355. The maximum absolute atomic E-state index is 14.3. The fourth-order valence-electron chi connectivity index (χ4n) is 4.46. The van der Waals surface area contributed by atoms with Gasteiger partial charge in [0, 0.05) is 33.2 Å². The van der Waals surface area contributed by atoms with E-state index in [1.54, 1.807) is 62.4 Å². The van der Waals surface area contributed by atoms with Crippen LogP contribution >= 0.6 is 34.8 Å². The van der Waals surface area contributed by atoms with E-state index in [2.05, 4.69) is 5.32 Å². The molecule has 11 heteroatoms. The van der Waals surface area contributed by atoms with Crippen LogP contribution in [-0.2, 0) is 26.2 Å². The fourth-order valence-corrected chi connectivity index (χ4v) is 6.69. The first kappa shape index (κ1) is 33.7. The van der Waals surface area contributed by atoms with Gasteiger partial charge in [0.15, 0.2) is 0 Å². The van der Waals surface area contributed by atoms with Crippen molar-refractivity contribution in [2.75, 3.05) is 10.8 Å². The number of nitrogens with zero attached hydrogens (tertiary/aromatic N) is 2. The van der Waals surface area contributed by atoms with Crippen LogP contribution in [0.15, 0.2) is 65.6 Å². The van der Waals surface area contributed by atoms with Crippen molar-refractivity contribution in [3.05, 3.63) is 92.4 Å². The Hall–Kier alpha value is -2.78. The molecule has 3 aromatic carbocycles. The number of benzene rings is 3. The highest BCUT2D eigenvalue weighted by molar-refractivity contribution is 7.92. The molecule has 1 N–H and O–H groups in total. The lowest BCUT2D eigenvalue weighted by Gasteiger charge is -2.34. The van der Waals surface area contributed by atoms with Crippen LogP contribution in [0, 0.1) is 13.8 Å². The summed E-state index contributed by atoms with van der Waals surface area (Å²) >= 11 is 19.1. The van der Waals surface area contributed by atoms with Gasteiger partial charge in [-0.25, -0.2) is 8.42 Å². The molecule has 0 saturated heterocycles. The Morgan fingerprint density at radius 3 is 2.07 bits per heavy atom. The molecule has 0 spiro atoms. The van der Waals surface area contributed by atoms with Crippen LogP contribution in [0.5, 0.6) is 0 Å². The Balaban J connectivity index is 2.13. The Labute approximate surface area is 263 Å². The second-order valence-corrected chi connectivity index (χ2v) is 13.3. The number of hydrogen-bond acceptors (Lipinski definition) is 4. The number of anilines is 1. The largest absolute Gasteiger partial charge is 0.352 e. The van der Waals surface area contributed by atoms with Crippen LogP contribution in [-0.4, -0.2) is 43.8 Å². The highest BCUT2D eigenvalue weighted by Crippen LogP contribution is 2.31. The third-order valence-corrected chi connectivity index (χ3v) is 9.81. The lowest BCUT2D eigenvalue weighted by molar-refractivity contribution is -0.140. The molecule has 2 atom stereocenters. The zero-order chi connectivity index (χ0) is 31.2. The molecule has 0 aromatic heterocycles. The summed E-state index contributed by atoms with van der Waals surface area (Å²) < 4.78 is 29.2. The predicted molar refractivity (Wildman–Crippen MR) is 171 cm³/mol. The van der Waals surface area contributed by atoms with E-state index in [0.717, 1.165) is 9.87 Å². The van der Waals surface area contributed by atoms with E-state index in [1.165, 1.54) is 17.0 Å². The van der Waals surface area contributed by atoms with Crippen LogP contribution < -0.4 is 9.62 Å². The van der Waals surface area contributed by atoms with Crippen molar-refractivity contribution in [3.63, 3.8) is 0 Å². The molecule has 2 amide bonds. The van der Waals surface area contributed by atoms with E-state index in [1.807, 2.05) is 20.8 Å². The van der Waals surface area contributed by atoms with Gasteiger partial charge in [-0.2, -0.15) is 0 Å². The molecular weight excluding hydrogens is 617 g/mol. The van der Waals surface area contributed by atoms with Gasteiger partial charge in [-0.3, -0.25) is 13.9 Å². The van der Waals surface area contributed by atoms with Crippen molar-refractivity contribution in [2.45, 2.75) is 71.0 Å². The third kappa shape index (κ3) is 7.98. The molecule has 3 aromatic rings. The van der Waals surface area contributed by atoms with Gasteiger partial charge in [-0.1, -0.05) is 72.4 Å². The van der Waals surface area contributed by atoms with E-state index in [0.29, 0.717) is 38.3 Å². The molecule has 0 radical (unpaired) electrons. The van der Waals surface area contributed by atoms with Crippen molar-refractivity contribution in [1.82, 2.24) is 10.2 Å². The number of aryl methyl sites for hydroxylation is 2. The minimum absolute atomic E-state index is 0.0255. The summed E-state index contributed by atoms with van der Waals surface area (Å²) in [6.45, 7) is 8.52. The monoisotopic (exact) mass is 651 g/mol. The summed E-state index contributed by atoms with van der Waals surface area (Å²) in [4.78, 5) is 29.1. The summed E-state index contributed by atoms with van der Waals surface area (Å²) in [7, 11) is -4.21. The molecule has 0 aliphatic rings. The molecule has 0 heterocycles. The second kappa shape index (κ2) is 14.6. The number of sulfonamides is 1. The van der Waals surface area contributed by atoms with Crippen molar-refractivity contribution in [1.29, 1.82) is 0 Å². The molecule has 0 bridgehead atoms. The number of halogens is 3. The minimum Gasteiger partial charge on any atom is -0.352 e. The van der Waals surface area contributed by atoms with Crippen molar-refractivity contribution >= 4 is 62.3 Å². The zero-order valence-electron chi connectivity index (χ0n) is 24.3. The van der Waals surface area contributed by atoms with Gasteiger partial charge in [0.1, 0.15) is 12.6 Å². The van der Waals surface area contributed by atoms with Crippen molar-refractivity contribution in [3.8, 4) is 0 Å². The summed E-state index contributed by atoms with van der Waals surface area (Å²) in [5.41, 5.74) is 2.20. The predicted octanol–water partition coefficient (Wildman–Crippen LogP) is 7.18.